The molecule has 0 unspecified atom stereocenters. The van der Waals surface area contributed by atoms with Gasteiger partial charge in [-0.1, -0.05) is 91.5 Å². The van der Waals surface area contributed by atoms with Crippen LogP contribution >= 0.6 is 22.7 Å². The van der Waals surface area contributed by atoms with Crippen molar-refractivity contribution in [2.75, 3.05) is 27.3 Å². The lowest BCUT2D eigenvalue weighted by Gasteiger charge is -2.33. The van der Waals surface area contributed by atoms with E-state index in [1.165, 1.54) is 21.4 Å². The number of nitrogens with zero attached hydrogens (tertiary/aromatic N) is 4. The first-order valence-corrected chi connectivity index (χ1v) is 22.6. The summed E-state index contributed by atoms with van der Waals surface area (Å²) in [5.74, 6) is 0.870. The third-order valence-electron chi connectivity index (χ3n) is 12.4. The number of thiophene rings is 2. The van der Waals surface area contributed by atoms with E-state index in [1.807, 2.05) is 70.7 Å². The number of pyridine rings is 2. The van der Waals surface area contributed by atoms with Crippen molar-refractivity contribution < 1.29 is 19.1 Å². The standard InChI is InChI=1S/C53H44N4O4S2/c1-5-50(58)56-28-47(37-17-9-7-15-35(37)45-27-55-53(61-4)41-21-13-11-19-39(41)45)43-25-33(63-49(43)31-56)22-23-51(59)57-29-46(42-24-32(2)62-48(42)30-57)36-16-8-6-14-34(36)44-26-54-52(60-3)40-20-12-10-18-38(40)44/h5-27,46-47H,1,28-31H2,2-4H3/b23-22+/t46-,47+/m1/s1. The first-order valence-electron chi connectivity index (χ1n) is 21.0. The number of ether oxygens (including phenoxy) is 2. The van der Waals surface area contributed by atoms with Gasteiger partial charge in [-0.3, -0.25) is 9.59 Å². The fraction of sp³-hybridized carbons (Fsp3) is 0.170. The quantitative estimate of drug-likeness (QED) is 0.134. The van der Waals surface area contributed by atoms with Gasteiger partial charge in [0.25, 0.3) is 0 Å². The molecule has 0 aliphatic carbocycles. The average Bonchev–Trinajstić information content (AvgIpc) is 3.94. The molecule has 10 heteroatoms. The highest BCUT2D eigenvalue weighted by molar-refractivity contribution is 7.13. The van der Waals surface area contributed by atoms with Crippen LogP contribution in [0.25, 0.3) is 49.9 Å². The second kappa shape index (κ2) is 16.8. The number of hydrogen-bond donors (Lipinski definition) is 0. The number of rotatable bonds is 9. The van der Waals surface area contributed by atoms with Crippen molar-refractivity contribution in [2.45, 2.75) is 31.8 Å². The fourth-order valence-electron chi connectivity index (χ4n) is 9.51. The highest BCUT2D eigenvalue weighted by Crippen LogP contribution is 2.46. The number of carbonyl (C=O) groups excluding carboxylic acids is 2. The van der Waals surface area contributed by atoms with Gasteiger partial charge in [0.05, 0.1) is 27.3 Å². The number of hydrogen-bond acceptors (Lipinski definition) is 8. The van der Waals surface area contributed by atoms with Crippen LogP contribution < -0.4 is 9.47 Å². The molecule has 0 N–H and O–H groups in total. The zero-order valence-corrected chi connectivity index (χ0v) is 36.8. The van der Waals surface area contributed by atoms with Crippen LogP contribution in [0.3, 0.4) is 0 Å². The van der Waals surface area contributed by atoms with E-state index in [4.69, 9.17) is 19.4 Å². The van der Waals surface area contributed by atoms with Crippen molar-refractivity contribution in [1.82, 2.24) is 19.8 Å². The van der Waals surface area contributed by atoms with Crippen molar-refractivity contribution in [3.8, 4) is 34.0 Å². The summed E-state index contributed by atoms with van der Waals surface area (Å²) in [6, 6.07) is 37.7. The van der Waals surface area contributed by atoms with Crippen molar-refractivity contribution in [3.05, 3.63) is 182 Å². The molecule has 6 heterocycles. The molecule has 4 aromatic heterocycles. The van der Waals surface area contributed by atoms with Crippen LogP contribution in [0.15, 0.2) is 140 Å². The van der Waals surface area contributed by atoms with Gasteiger partial charge in [-0.05, 0) is 87.5 Å². The summed E-state index contributed by atoms with van der Waals surface area (Å²) in [5.41, 5.74) is 8.86. The maximum atomic E-state index is 14.4. The molecular weight excluding hydrogens is 821 g/mol. The van der Waals surface area contributed by atoms with E-state index >= 15 is 0 Å². The Balaban J connectivity index is 0.981. The summed E-state index contributed by atoms with van der Waals surface area (Å²) in [7, 11) is 3.29. The lowest BCUT2D eigenvalue weighted by molar-refractivity contribution is -0.127. The lowest BCUT2D eigenvalue weighted by atomic mass is 9.83. The summed E-state index contributed by atoms with van der Waals surface area (Å²) in [6.07, 6.45) is 8.84. The first kappa shape index (κ1) is 40.2. The normalized spacial score (nSPS) is 16.0. The van der Waals surface area contributed by atoms with Gasteiger partial charge in [0.1, 0.15) is 0 Å². The lowest BCUT2D eigenvalue weighted by Crippen LogP contribution is -2.37. The predicted molar refractivity (Wildman–Crippen MR) is 255 cm³/mol. The molecule has 8 aromatic rings. The number of aromatic nitrogens is 2. The Morgan fingerprint density at radius 1 is 0.619 bits per heavy atom. The minimum absolute atomic E-state index is 0.0330. The van der Waals surface area contributed by atoms with Crippen molar-refractivity contribution in [2.24, 2.45) is 0 Å². The van der Waals surface area contributed by atoms with E-state index in [-0.39, 0.29) is 23.7 Å². The summed E-state index contributed by atoms with van der Waals surface area (Å²) in [5, 5.41) is 4.00. The molecular formula is C53H44N4O4S2. The van der Waals surface area contributed by atoms with Crippen LogP contribution in [0, 0.1) is 6.92 Å². The second-order valence-corrected chi connectivity index (χ2v) is 18.5. The molecule has 0 fully saturated rings. The van der Waals surface area contributed by atoms with Gasteiger partial charge >= 0.3 is 0 Å². The van der Waals surface area contributed by atoms with E-state index in [2.05, 4.69) is 80.2 Å². The van der Waals surface area contributed by atoms with Crippen LogP contribution in [0.4, 0.5) is 0 Å². The molecule has 2 aliphatic rings. The van der Waals surface area contributed by atoms with Crippen LogP contribution in [0.1, 0.15) is 53.6 Å². The molecule has 2 aliphatic heterocycles. The number of aryl methyl sites for hydroxylation is 1. The number of amides is 2. The monoisotopic (exact) mass is 864 g/mol. The maximum absolute atomic E-state index is 14.4. The molecule has 0 saturated carbocycles. The second-order valence-electron chi connectivity index (χ2n) is 16.0. The predicted octanol–water partition coefficient (Wildman–Crippen LogP) is 11.4. The summed E-state index contributed by atoms with van der Waals surface area (Å²) in [6.45, 7) is 8.02. The van der Waals surface area contributed by atoms with E-state index in [0.29, 0.717) is 37.9 Å². The molecule has 0 saturated heterocycles. The van der Waals surface area contributed by atoms with E-state index in [0.717, 1.165) is 70.2 Å². The highest BCUT2D eigenvalue weighted by Gasteiger charge is 2.34. The van der Waals surface area contributed by atoms with Gasteiger partial charge in [0.15, 0.2) is 0 Å². The SMILES string of the molecule is C=CC(=O)N1Cc2sc(/C=C/C(=O)N3Cc4sc(C)cc4[C@@H](c4ccccc4-c4cnc(OC)c5ccccc45)C3)cc2[C@H](c2ccccc2-c2cnc(OC)c3ccccc23)C1. The van der Waals surface area contributed by atoms with Gasteiger partial charge in [-0.15, -0.1) is 22.7 Å². The van der Waals surface area contributed by atoms with Gasteiger partial charge in [0, 0.05) is 84.8 Å². The Morgan fingerprint density at radius 3 is 1.63 bits per heavy atom. The summed E-state index contributed by atoms with van der Waals surface area (Å²) >= 11 is 3.39. The number of benzene rings is 4. The average molecular weight is 865 g/mol. The van der Waals surface area contributed by atoms with E-state index < -0.39 is 0 Å². The molecule has 0 bridgehead atoms. The number of fused-ring (bicyclic) bond motifs is 4. The molecule has 10 rings (SSSR count). The Bertz CT molecular complexity index is 3130. The molecule has 4 aromatic carbocycles. The Morgan fingerprint density at radius 2 is 1.10 bits per heavy atom. The van der Waals surface area contributed by atoms with Crippen molar-refractivity contribution >= 4 is 62.1 Å². The summed E-state index contributed by atoms with van der Waals surface area (Å²) in [4.78, 5) is 45.4. The smallest absolute Gasteiger partial charge is 0.246 e. The molecule has 0 radical (unpaired) electrons. The van der Waals surface area contributed by atoms with E-state index in [9.17, 15) is 9.59 Å². The number of methoxy groups -OCH3 is 2. The third kappa shape index (κ3) is 7.28. The molecule has 0 spiro atoms. The Labute approximate surface area is 374 Å². The minimum atomic E-state index is -0.120. The van der Waals surface area contributed by atoms with Crippen molar-refractivity contribution in [3.63, 3.8) is 0 Å². The maximum Gasteiger partial charge on any atom is 0.246 e. The van der Waals surface area contributed by atoms with E-state index in [1.54, 1.807) is 43.0 Å². The molecule has 2 amide bonds. The Kier molecular flexibility index (Phi) is 10.7. The van der Waals surface area contributed by atoms with Gasteiger partial charge in [-0.25, -0.2) is 9.97 Å². The largest absolute Gasteiger partial charge is 0.481 e. The molecule has 2 atom stereocenters. The van der Waals surface area contributed by atoms with Gasteiger partial charge in [0.2, 0.25) is 23.6 Å². The zero-order chi connectivity index (χ0) is 43.2. The topological polar surface area (TPSA) is 84.9 Å². The Hall–Kier alpha value is -6.88. The molecule has 312 valence electrons. The van der Waals surface area contributed by atoms with Crippen molar-refractivity contribution in [1.29, 1.82) is 0 Å². The van der Waals surface area contributed by atoms with Crippen LogP contribution in [0.5, 0.6) is 11.8 Å². The van der Waals surface area contributed by atoms with Crippen LogP contribution in [0.2, 0.25) is 0 Å². The van der Waals surface area contributed by atoms with Gasteiger partial charge in [-0.2, -0.15) is 0 Å². The van der Waals surface area contributed by atoms with Gasteiger partial charge < -0.3 is 19.3 Å². The minimum Gasteiger partial charge on any atom is -0.481 e. The number of carbonyl (C=O) groups is 2. The first-order chi connectivity index (χ1) is 30.8. The molecule has 63 heavy (non-hydrogen) atoms. The van der Waals surface area contributed by atoms with Crippen LogP contribution in [-0.2, 0) is 22.7 Å². The highest BCUT2D eigenvalue weighted by atomic mass is 32.1. The molecule has 8 nitrogen and oxygen atoms in total. The summed E-state index contributed by atoms with van der Waals surface area (Å²) < 4.78 is 11.3. The third-order valence-corrected chi connectivity index (χ3v) is 14.5. The zero-order valence-electron chi connectivity index (χ0n) is 35.2. The van der Waals surface area contributed by atoms with Crippen LogP contribution in [-0.4, -0.2) is 58.9 Å². The fourth-order valence-corrected chi connectivity index (χ4v) is 11.8.